The Morgan fingerprint density at radius 3 is 2.93 bits per heavy atom. The van der Waals surface area contributed by atoms with E-state index >= 15 is 0 Å². The van der Waals surface area contributed by atoms with Crippen LogP contribution in [0.15, 0.2) is 6.07 Å². The van der Waals surface area contributed by atoms with E-state index < -0.39 is 0 Å². The molecule has 0 aliphatic rings. The smallest absolute Gasteiger partial charge is 0.176 e. The molecule has 14 heavy (non-hydrogen) atoms. The van der Waals surface area contributed by atoms with Crippen molar-refractivity contribution in [3.63, 3.8) is 0 Å². The van der Waals surface area contributed by atoms with Gasteiger partial charge in [-0.25, -0.2) is 0 Å². The van der Waals surface area contributed by atoms with Crippen LogP contribution in [0, 0.1) is 3.95 Å². The monoisotopic (exact) mass is 226 g/mol. The molecule has 0 radical (unpaired) electrons. The number of aryl methyl sites for hydroxylation is 2. The first kappa shape index (κ1) is 9.54. The second-order valence-electron chi connectivity index (χ2n) is 2.92. The molecule has 2 heterocycles. The van der Waals surface area contributed by atoms with Gasteiger partial charge in [-0.1, -0.05) is 18.3 Å². The summed E-state index contributed by atoms with van der Waals surface area (Å²) >= 11 is 6.45. The number of nitrogens with one attached hydrogen (secondary N) is 1. The van der Waals surface area contributed by atoms with Gasteiger partial charge in [0.25, 0.3) is 0 Å². The molecule has 0 aromatic carbocycles. The zero-order chi connectivity index (χ0) is 10.1. The van der Waals surface area contributed by atoms with E-state index in [9.17, 15) is 0 Å². The molecule has 0 saturated carbocycles. The summed E-state index contributed by atoms with van der Waals surface area (Å²) in [6.07, 6.45) is 0.934. The standard InChI is InChI=1S/C8H10N4S2/c1-3-5-4-6(12(2)11-5)7-9-10-8(13)14-7/h4H,3H2,1-2H3,(H,10,13). The molecule has 0 fully saturated rings. The highest BCUT2D eigenvalue weighted by atomic mass is 32.1. The number of H-pyrrole nitrogens is 1. The fourth-order valence-electron chi connectivity index (χ4n) is 1.24. The van der Waals surface area contributed by atoms with Crippen LogP contribution in [0.5, 0.6) is 0 Å². The summed E-state index contributed by atoms with van der Waals surface area (Å²) in [7, 11) is 1.92. The molecule has 0 spiro atoms. The third-order valence-corrected chi connectivity index (χ3v) is 3.06. The number of aromatic amines is 1. The molecule has 0 saturated heterocycles. The van der Waals surface area contributed by atoms with Crippen molar-refractivity contribution in [2.24, 2.45) is 7.05 Å². The Morgan fingerprint density at radius 1 is 1.64 bits per heavy atom. The minimum atomic E-state index is 0.694. The van der Waals surface area contributed by atoms with Crippen LogP contribution < -0.4 is 0 Å². The maximum atomic E-state index is 4.98. The van der Waals surface area contributed by atoms with Crippen molar-refractivity contribution in [3.8, 4) is 10.7 Å². The first-order chi connectivity index (χ1) is 6.70. The Labute approximate surface area is 90.6 Å². The van der Waals surface area contributed by atoms with Crippen LogP contribution in [0.25, 0.3) is 10.7 Å². The molecule has 0 unspecified atom stereocenters. The molecule has 2 aromatic rings. The lowest BCUT2D eigenvalue weighted by Crippen LogP contribution is -1.93. The molecule has 0 aliphatic heterocycles. The minimum absolute atomic E-state index is 0.694. The molecular formula is C8H10N4S2. The normalized spacial score (nSPS) is 10.7. The summed E-state index contributed by atoms with van der Waals surface area (Å²) < 4.78 is 2.53. The highest BCUT2D eigenvalue weighted by molar-refractivity contribution is 7.73. The number of hydrogen-bond acceptors (Lipinski definition) is 4. The Morgan fingerprint density at radius 2 is 2.43 bits per heavy atom. The van der Waals surface area contributed by atoms with Gasteiger partial charge in [0, 0.05) is 7.05 Å². The van der Waals surface area contributed by atoms with Crippen LogP contribution in [-0.4, -0.2) is 20.0 Å². The molecular weight excluding hydrogens is 216 g/mol. The lowest BCUT2D eigenvalue weighted by atomic mass is 10.3. The van der Waals surface area contributed by atoms with Crippen LogP contribution in [0.2, 0.25) is 0 Å². The molecule has 0 atom stereocenters. The average molecular weight is 226 g/mol. The van der Waals surface area contributed by atoms with E-state index in [1.807, 2.05) is 17.8 Å². The average Bonchev–Trinajstić information content (AvgIpc) is 2.71. The SMILES string of the molecule is CCc1cc(-c2n[nH]c(=S)s2)n(C)n1. The largest absolute Gasteiger partial charge is 0.265 e. The molecule has 2 aromatic heterocycles. The summed E-state index contributed by atoms with van der Waals surface area (Å²) in [4.78, 5) is 0. The maximum Gasteiger partial charge on any atom is 0.176 e. The fourth-order valence-corrected chi connectivity index (χ4v) is 2.18. The Hall–Kier alpha value is -1.01. The van der Waals surface area contributed by atoms with Crippen LogP contribution in [0.4, 0.5) is 0 Å². The molecule has 2 rings (SSSR count). The van der Waals surface area contributed by atoms with Gasteiger partial charge in [0.05, 0.1) is 11.4 Å². The second-order valence-corrected chi connectivity index (χ2v) is 4.58. The Bertz CT molecular complexity index is 493. The second kappa shape index (κ2) is 3.62. The van der Waals surface area contributed by atoms with E-state index in [0.29, 0.717) is 3.95 Å². The van der Waals surface area contributed by atoms with Crippen LogP contribution >= 0.6 is 23.6 Å². The van der Waals surface area contributed by atoms with Gasteiger partial charge in [0.1, 0.15) is 0 Å². The van der Waals surface area contributed by atoms with Crippen molar-refractivity contribution >= 4 is 23.6 Å². The Balaban J connectivity index is 2.50. The first-order valence-corrected chi connectivity index (χ1v) is 5.52. The number of rotatable bonds is 2. The van der Waals surface area contributed by atoms with Crippen molar-refractivity contribution in [1.29, 1.82) is 0 Å². The zero-order valence-corrected chi connectivity index (χ0v) is 9.58. The van der Waals surface area contributed by atoms with Gasteiger partial charge in [-0.2, -0.15) is 10.2 Å². The summed E-state index contributed by atoms with van der Waals surface area (Å²) in [5, 5.41) is 12.1. The van der Waals surface area contributed by atoms with E-state index in [4.69, 9.17) is 12.2 Å². The van der Waals surface area contributed by atoms with Gasteiger partial charge < -0.3 is 0 Å². The van der Waals surface area contributed by atoms with E-state index in [-0.39, 0.29) is 0 Å². The molecule has 4 nitrogen and oxygen atoms in total. The lowest BCUT2D eigenvalue weighted by Gasteiger charge is -1.93. The third kappa shape index (κ3) is 1.62. The topological polar surface area (TPSA) is 46.5 Å². The summed E-state index contributed by atoms with van der Waals surface area (Å²) in [5.41, 5.74) is 2.09. The van der Waals surface area contributed by atoms with Crippen molar-refractivity contribution in [3.05, 3.63) is 15.7 Å². The fraction of sp³-hybridized carbons (Fsp3) is 0.375. The number of hydrogen-bond donors (Lipinski definition) is 1. The van der Waals surface area contributed by atoms with E-state index in [1.54, 1.807) is 0 Å². The molecule has 74 valence electrons. The summed E-state index contributed by atoms with van der Waals surface area (Å²) in [6.45, 7) is 2.08. The minimum Gasteiger partial charge on any atom is -0.265 e. The van der Waals surface area contributed by atoms with Gasteiger partial charge in [-0.15, -0.1) is 0 Å². The van der Waals surface area contributed by atoms with Gasteiger partial charge in [-0.3, -0.25) is 9.78 Å². The van der Waals surface area contributed by atoms with Crippen LogP contribution in [-0.2, 0) is 13.5 Å². The van der Waals surface area contributed by atoms with Gasteiger partial charge in [-0.05, 0) is 24.7 Å². The quantitative estimate of drug-likeness (QED) is 0.798. The van der Waals surface area contributed by atoms with Crippen molar-refractivity contribution in [2.75, 3.05) is 0 Å². The highest BCUT2D eigenvalue weighted by Gasteiger charge is 2.09. The van der Waals surface area contributed by atoms with E-state index in [0.717, 1.165) is 22.8 Å². The van der Waals surface area contributed by atoms with Crippen molar-refractivity contribution in [2.45, 2.75) is 13.3 Å². The molecule has 1 N–H and O–H groups in total. The Kier molecular flexibility index (Phi) is 2.47. The highest BCUT2D eigenvalue weighted by Crippen LogP contribution is 2.21. The summed E-state index contributed by atoms with van der Waals surface area (Å²) in [6, 6.07) is 2.04. The number of nitrogens with zero attached hydrogens (tertiary/aromatic N) is 3. The zero-order valence-electron chi connectivity index (χ0n) is 7.94. The van der Waals surface area contributed by atoms with Crippen molar-refractivity contribution < 1.29 is 0 Å². The van der Waals surface area contributed by atoms with Crippen molar-refractivity contribution in [1.82, 2.24) is 20.0 Å². The van der Waals surface area contributed by atoms with Gasteiger partial charge in [0.15, 0.2) is 8.96 Å². The van der Waals surface area contributed by atoms with E-state index in [2.05, 4.69) is 22.2 Å². The molecule has 6 heteroatoms. The van der Waals surface area contributed by atoms with Crippen LogP contribution in [0.3, 0.4) is 0 Å². The van der Waals surface area contributed by atoms with E-state index in [1.165, 1.54) is 11.3 Å². The van der Waals surface area contributed by atoms with Crippen LogP contribution in [0.1, 0.15) is 12.6 Å². The number of aromatic nitrogens is 4. The maximum absolute atomic E-state index is 4.98. The lowest BCUT2D eigenvalue weighted by molar-refractivity contribution is 0.751. The van der Waals surface area contributed by atoms with Gasteiger partial charge >= 0.3 is 0 Å². The first-order valence-electron chi connectivity index (χ1n) is 4.29. The molecule has 0 aliphatic carbocycles. The molecule has 0 bridgehead atoms. The third-order valence-electron chi connectivity index (χ3n) is 1.95. The summed E-state index contributed by atoms with van der Waals surface area (Å²) in [5.74, 6) is 0. The van der Waals surface area contributed by atoms with Gasteiger partial charge in [0.2, 0.25) is 0 Å². The predicted molar refractivity (Wildman–Crippen MR) is 58.9 cm³/mol. The molecule has 0 amide bonds. The predicted octanol–water partition coefficient (Wildman–Crippen LogP) is 2.16.